The molecule has 0 aromatic heterocycles. The minimum Gasteiger partial charge on any atom is -0.493 e. The predicted molar refractivity (Wildman–Crippen MR) is 150 cm³/mol. The number of imide groups is 1. The van der Waals surface area contributed by atoms with Crippen LogP contribution in [0.5, 0.6) is 11.5 Å². The fourth-order valence-electron chi connectivity index (χ4n) is 3.55. The summed E-state index contributed by atoms with van der Waals surface area (Å²) < 4.78 is 36.3. The largest absolute Gasteiger partial charge is 0.493 e. The summed E-state index contributed by atoms with van der Waals surface area (Å²) in [6.45, 7) is 1.35. The quantitative estimate of drug-likeness (QED) is 0.246. The van der Waals surface area contributed by atoms with Gasteiger partial charge in [-0.1, -0.05) is 41.4 Å². The summed E-state index contributed by atoms with van der Waals surface area (Å²) in [7, 11) is -3.02. The van der Waals surface area contributed by atoms with Gasteiger partial charge in [-0.25, -0.2) is 0 Å². The van der Waals surface area contributed by atoms with Gasteiger partial charge in [-0.3, -0.25) is 19.3 Å². The Bertz CT molecular complexity index is 1610. The van der Waals surface area contributed by atoms with Gasteiger partial charge < -0.3 is 14.2 Å². The van der Waals surface area contributed by atoms with Crippen LogP contribution in [0.3, 0.4) is 0 Å². The smallest absolute Gasteiger partial charge is 0.339 e. The number of amides is 3. The molecular formula is C26H20Cl2N2O7S2. The Labute approximate surface area is 238 Å². The van der Waals surface area contributed by atoms with Gasteiger partial charge in [0.1, 0.15) is 4.90 Å². The van der Waals surface area contributed by atoms with Crippen LogP contribution in [0.25, 0.3) is 6.08 Å². The lowest BCUT2D eigenvalue weighted by atomic mass is 10.1. The molecule has 3 amide bonds. The van der Waals surface area contributed by atoms with Crippen molar-refractivity contribution in [2.75, 3.05) is 12.4 Å². The third-order valence-corrected chi connectivity index (χ3v) is 8.16. The molecule has 1 fully saturated rings. The summed E-state index contributed by atoms with van der Waals surface area (Å²) in [6.07, 6.45) is 1.45. The van der Waals surface area contributed by atoms with E-state index in [1.165, 1.54) is 56.5 Å². The standard InChI is InChI=1S/C26H20Cl2N2O7S2/c1-15(31)29-18-7-9-19(10-8-18)39(34,35)37-24-21(28)11-16(12-22(24)36-2)13-23-25(32)30(26(33)38-23)14-17-5-3-4-6-20(17)27/h3-13H,14H2,1-2H3,(H,29,31)/b23-13-. The molecule has 0 unspecified atom stereocenters. The molecule has 0 radical (unpaired) electrons. The summed E-state index contributed by atoms with van der Waals surface area (Å²) >= 11 is 13.3. The Hall–Kier alpha value is -3.51. The Kier molecular flexibility index (Phi) is 8.55. The molecule has 9 nitrogen and oxygen atoms in total. The molecule has 0 aliphatic carbocycles. The van der Waals surface area contributed by atoms with Crippen LogP contribution in [-0.2, 0) is 26.3 Å². The number of hydrogen-bond donors (Lipinski definition) is 1. The lowest BCUT2D eigenvalue weighted by molar-refractivity contribution is -0.123. The first-order valence-corrected chi connectivity index (χ1v) is 14.1. The molecule has 1 aliphatic heterocycles. The number of halogens is 2. The Morgan fingerprint density at radius 3 is 2.38 bits per heavy atom. The van der Waals surface area contributed by atoms with E-state index in [1.807, 2.05) is 0 Å². The first-order valence-electron chi connectivity index (χ1n) is 11.2. The number of methoxy groups -OCH3 is 1. The SMILES string of the molecule is COc1cc(/C=C2\SC(=O)N(Cc3ccccc3Cl)C2=O)cc(Cl)c1OS(=O)(=O)c1ccc(NC(C)=O)cc1. The maximum Gasteiger partial charge on any atom is 0.339 e. The highest BCUT2D eigenvalue weighted by Gasteiger charge is 2.35. The maximum atomic E-state index is 13.0. The van der Waals surface area contributed by atoms with Crippen LogP contribution >= 0.6 is 35.0 Å². The molecule has 0 atom stereocenters. The van der Waals surface area contributed by atoms with Crippen LogP contribution < -0.4 is 14.2 Å². The van der Waals surface area contributed by atoms with Crippen molar-refractivity contribution in [3.8, 4) is 11.5 Å². The molecule has 0 spiro atoms. The molecule has 4 rings (SSSR count). The number of nitrogens with one attached hydrogen (secondary N) is 1. The average molecular weight is 607 g/mol. The number of hydrogen-bond acceptors (Lipinski definition) is 8. The van der Waals surface area contributed by atoms with Gasteiger partial charge in [-0.15, -0.1) is 0 Å². The van der Waals surface area contributed by atoms with E-state index >= 15 is 0 Å². The third-order valence-electron chi connectivity index (χ3n) is 5.37. The zero-order valence-electron chi connectivity index (χ0n) is 20.4. The highest BCUT2D eigenvalue weighted by molar-refractivity contribution is 8.18. The maximum absolute atomic E-state index is 13.0. The van der Waals surface area contributed by atoms with Crippen molar-refractivity contribution >= 4 is 73.9 Å². The predicted octanol–water partition coefficient (Wildman–Crippen LogP) is 5.96. The van der Waals surface area contributed by atoms with E-state index in [4.69, 9.17) is 32.1 Å². The van der Waals surface area contributed by atoms with Gasteiger partial charge >= 0.3 is 10.1 Å². The topological polar surface area (TPSA) is 119 Å². The van der Waals surface area contributed by atoms with Gasteiger partial charge in [-0.05, 0) is 71.4 Å². The van der Waals surface area contributed by atoms with Crippen LogP contribution in [0.1, 0.15) is 18.1 Å². The van der Waals surface area contributed by atoms with Crippen molar-refractivity contribution < 1.29 is 31.7 Å². The molecule has 3 aromatic carbocycles. The zero-order valence-corrected chi connectivity index (χ0v) is 23.6. The van der Waals surface area contributed by atoms with Crippen molar-refractivity contribution in [3.05, 3.63) is 86.7 Å². The summed E-state index contributed by atoms with van der Waals surface area (Å²) in [5.74, 6) is -1.08. The highest BCUT2D eigenvalue weighted by atomic mass is 35.5. The van der Waals surface area contributed by atoms with Gasteiger partial charge in [0.25, 0.3) is 11.1 Å². The van der Waals surface area contributed by atoms with Crippen molar-refractivity contribution in [2.45, 2.75) is 18.4 Å². The van der Waals surface area contributed by atoms with Crippen LogP contribution in [0.15, 0.2) is 70.5 Å². The molecule has 0 saturated carbocycles. The third kappa shape index (κ3) is 6.56. The molecule has 3 aromatic rings. The van der Waals surface area contributed by atoms with Crippen molar-refractivity contribution in [3.63, 3.8) is 0 Å². The van der Waals surface area contributed by atoms with Crippen molar-refractivity contribution in [1.29, 1.82) is 0 Å². The number of benzene rings is 3. The second-order valence-electron chi connectivity index (χ2n) is 8.14. The van der Waals surface area contributed by atoms with Crippen LogP contribution in [0.2, 0.25) is 10.0 Å². The van der Waals surface area contributed by atoms with E-state index in [-0.39, 0.29) is 38.8 Å². The van der Waals surface area contributed by atoms with E-state index in [9.17, 15) is 22.8 Å². The lowest BCUT2D eigenvalue weighted by Gasteiger charge is -2.14. The van der Waals surface area contributed by atoms with E-state index in [0.29, 0.717) is 21.8 Å². The van der Waals surface area contributed by atoms with Crippen LogP contribution in [-0.4, -0.2) is 37.5 Å². The molecule has 1 saturated heterocycles. The molecule has 1 heterocycles. The minimum atomic E-state index is -4.32. The van der Waals surface area contributed by atoms with Gasteiger partial charge in [0, 0.05) is 17.6 Å². The monoisotopic (exact) mass is 606 g/mol. The Morgan fingerprint density at radius 1 is 1.05 bits per heavy atom. The number of anilines is 1. The Balaban J connectivity index is 1.57. The number of nitrogens with zero attached hydrogens (tertiary/aromatic N) is 1. The molecule has 13 heteroatoms. The van der Waals surface area contributed by atoms with Crippen molar-refractivity contribution in [2.24, 2.45) is 0 Å². The molecule has 39 heavy (non-hydrogen) atoms. The fraction of sp³-hybridized carbons (Fsp3) is 0.115. The van der Waals surface area contributed by atoms with Crippen LogP contribution in [0.4, 0.5) is 10.5 Å². The van der Waals surface area contributed by atoms with Crippen molar-refractivity contribution in [1.82, 2.24) is 4.90 Å². The first kappa shape index (κ1) is 28.5. The Morgan fingerprint density at radius 2 is 1.74 bits per heavy atom. The molecule has 1 aliphatic rings. The number of ether oxygens (including phenoxy) is 1. The van der Waals surface area contributed by atoms with Gasteiger partial charge in [0.15, 0.2) is 5.75 Å². The van der Waals surface area contributed by atoms with E-state index in [1.54, 1.807) is 24.3 Å². The second-order valence-corrected chi connectivity index (χ2v) is 11.5. The highest BCUT2D eigenvalue weighted by Crippen LogP contribution is 2.40. The summed E-state index contributed by atoms with van der Waals surface area (Å²) in [4.78, 5) is 37.7. The van der Waals surface area contributed by atoms with Crippen LogP contribution in [0, 0.1) is 0 Å². The molecular weight excluding hydrogens is 587 g/mol. The van der Waals surface area contributed by atoms with E-state index in [2.05, 4.69) is 5.32 Å². The molecule has 1 N–H and O–H groups in total. The first-order chi connectivity index (χ1) is 18.5. The fourth-order valence-corrected chi connectivity index (χ4v) is 5.85. The number of carbonyl (C=O) groups is 3. The normalized spacial score (nSPS) is 14.6. The van der Waals surface area contributed by atoms with E-state index in [0.717, 1.165) is 16.7 Å². The lowest BCUT2D eigenvalue weighted by Crippen LogP contribution is -2.27. The summed E-state index contributed by atoms with van der Waals surface area (Å²) in [5.41, 5.74) is 1.42. The van der Waals surface area contributed by atoms with Gasteiger partial charge in [0.05, 0.1) is 23.6 Å². The number of carbonyl (C=O) groups excluding carboxylic acids is 3. The van der Waals surface area contributed by atoms with E-state index < -0.39 is 21.3 Å². The minimum absolute atomic E-state index is 0.0116. The number of thioether (sulfide) groups is 1. The average Bonchev–Trinajstić information content (AvgIpc) is 3.14. The zero-order chi connectivity index (χ0) is 28.3. The molecule has 202 valence electrons. The van der Waals surface area contributed by atoms with Gasteiger partial charge in [0.2, 0.25) is 11.7 Å². The second kappa shape index (κ2) is 11.7. The summed E-state index contributed by atoms with van der Waals surface area (Å²) in [5, 5.41) is 2.42. The number of rotatable bonds is 8. The van der Waals surface area contributed by atoms with Gasteiger partial charge in [-0.2, -0.15) is 8.42 Å². The summed E-state index contributed by atoms with van der Waals surface area (Å²) in [6, 6.07) is 15.1. The molecule has 0 bridgehead atoms.